The lowest BCUT2D eigenvalue weighted by molar-refractivity contribution is -0.138. The Labute approximate surface area is 244 Å². The molecule has 2 fully saturated rings. The number of fused-ring (bicyclic) bond motifs is 1. The molecule has 0 saturated carbocycles. The monoisotopic (exact) mass is 569 g/mol. The molecule has 0 spiro atoms. The summed E-state index contributed by atoms with van der Waals surface area (Å²) in [6, 6.07) is 11.9. The summed E-state index contributed by atoms with van der Waals surface area (Å²) >= 11 is 0. The van der Waals surface area contributed by atoms with Crippen molar-refractivity contribution in [1.29, 1.82) is 0 Å². The van der Waals surface area contributed by atoms with Crippen molar-refractivity contribution in [1.82, 2.24) is 15.2 Å². The average Bonchev–Trinajstić information content (AvgIpc) is 2.97. The van der Waals surface area contributed by atoms with Crippen LogP contribution in [-0.2, 0) is 22.4 Å². The Morgan fingerprint density at radius 2 is 1.93 bits per heavy atom. The molecule has 0 radical (unpaired) electrons. The molecular weight excluding hydrogens is 526 g/mol. The van der Waals surface area contributed by atoms with Gasteiger partial charge in [0.1, 0.15) is 5.82 Å². The fourth-order valence-electron chi connectivity index (χ4n) is 6.27. The highest BCUT2D eigenvalue weighted by molar-refractivity contribution is 5.85. The smallest absolute Gasteiger partial charge is 0.305 e. The van der Waals surface area contributed by atoms with Crippen molar-refractivity contribution < 1.29 is 14.7 Å². The maximum absolute atomic E-state index is 13.4. The lowest BCUT2D eigenvalue weighted by atomic mass is 9.95. The number of aromatic nitrogens is 1. The molecule has 9 heteroatoms. The minimum atomic E-state index is -0.903. The molecule has 3 N–H and O–H groups in total. The van der Waals surface area contributed by atoms with E-state index in [2.05, 4.69) is 44.7 Å². The van der Waals surface area contributed by atoms with Gasteiger partial charge in [0.15, 0.2) is 0 Å². The van der Waals surface area contributed by atoms with Gasteiger partial charge in [-0.1, -0.05) is 18.2 Å². The molecule has 0 aliphatic carbocycles. The second-order valence-electron chi connectivity index (χ2n) is 11.4. The number of carboxylic acid groups (broad SMARTS) is 1. The van der Waals surface area contributed by atoms with Crippen LogP contribution < -0.4 is 15.5 Å². The third-order valence-electron chi connectivity index (χ3n) is 8.42. The highest BCUT2D eigenvalue weighted by atomic mass is 35.5. The van der Waals surface area contributed by atoms with Gasteiger partial charge in [-0.25, -0.2) is 4.98 Å². The maximum Gasteiger partial charge on any atom is 0.305 e. The van der Waals surface area contributed by atoms with Crippen LogP contribution in [0.25, 0.3) is 0 Å². The third kappa shape index (κ3) is 8.10. The van der Waals surface area contributed by atoms with E-state index in [9.17, 15) is 14.7 Å². The number of nitrogens with one attached hydrogen (secondary N) is 2. The van der Waals surface area contributed by atoms with Gasteiger partial charge in [-0.15, -0.1) is 12.4 Å². The van der Waals surface area contributed by atoms with E-state index >= 15 is 0 Å². The van der Waals surface area contributed by atoms with Gasteiger partial charge in [0.25, 0.3) is 0 Å². The maximum atomic E-state index is 13.4. The zero-order chi connectivity index (χ0) is 27.0. The molecule has 218 valence electrons. The van der Waals surface area contributed by atoms with Gasteiger partial charge in [0.05, 0.1) is 18.4 Å². The van der Waals surface area contributed by atoms with Crippen LogP contribution >= 0.6 is 12.4 Å². The molecule has 5 rings (SSSR count). The standard InChI is InChI=1S/C31H43N5O3.ClH/c37-29(38)21-28(24-8-4-12-27(20-24)36-18-2-1-3-19-36)34-31(39)25-10-6-16-35(22-25)17-7-11-26-14-13-23-9-5-15-32-30(23)33-26;/h4,8,12-14,20,25,28H,1-3,5-7,9-11,15-19,21-22H2,(H,32,33)(H,34,39)(H,37,38);1H/t25-,28+;/m1./s1. The number of anilines is 2. The fraction of sp³-hybridized carbons (Fsp3) is 0.581. The Bertz CT molecular complexity index is 1140. The molecule has 8 nitrogen and oxygen atoms in total. The minimum Gasteiger partial charge on any atom is -0.481 e. The summed E-state index contributed by atoms with van der Waals surface area (Å²) in [6.07, 6.45) is 9.52. The number of amides is 1. The average molecular weight is 570 g/mol. The van der Waals surface area contributed by atoms with Crippen LogP contribution in [0.5, 0.6) is 0 Å². The minimum absolute atomic E-state index is 0. The van der Waals surface area contributed by atoms with Crippen LogP contribution in [0.4, 0.5) is 11.5 Å². The van der Waals surface area contributed by atoms with Gasteiger partial charge < -0.3 is 25.5 Å². The molecule has 2 atom stereocenters. The largest absolute Gasteiger partial charge is 0.481 e. The van der Waals surface area contributed by atoms with Gasteiger partial charge in [-0.3, -0.25) is 9.59 Å². The number of likely N-dealkylation sites (tertiary alicyclic amines) is 1. The number of aliphatic carboxylic acids is 1. The van der Waals surface area contributed by atoms with E-state index < -0.39 is 12.0 Å². The Morgan fingerprint density at radius 1 is 1.07 bits per heavy atom. The van der Waals surface area contributed by atoms with Gasteiger partial charge in [0.2, 0.25) is 5.91 Å². The van der Waals surface area contributed by atoms with Crippen LogP contribution in [0.2, 0.25) is 0 Å². The van der Waals surface area contributed by atoms with Crippen molar-refractivity contribution in [2.24, 2.45) is 5.92 Å². The van der Waals surface area contributed by atoms with E-state index in [1.54, 1.807) is 0 Å². The lowest BCUT2D eigenvalue weighted by Crippen LogP contribution is -2.44. The number of hydrogen-bond acceptors (Lipinski definition) is 6. The molecule has 0 unspecified atom stereocenters. The second-order valence-corrected chi connectivity index (χ2v) is 11.4. The number of carbonyl (C=O) groups excluding carboxylic acids is 1. The molecule has 3 aliphatic rings. The first kappa shape index (κ1) is 30.1. The van der Waals surface area contributed by atoms with Crippen molar-refractivity contribution in [2.45, 2.75) is 70.3 Å². The number of hydrogen-bond donors (Lipinski definition) is 3. The van der Waals surface area contributed by atoms with E-state index in [1.165, 1.54) is 31.2 Å². The molecule has 1 amide bonds. The first-order valence-electron chi connectivity index (χ1n) is 14.9. The van der Waals surface area contributed by atoms with Gasteiger partial charge >= 0.3 is 5.97 Å². The Kier molecular flexibility index (Phi) is 11.1. The third-order valence-corrected chi connectivity index (χ3v) is 8.42. The van der Waals surface area contributed by atoms with Crippen LogP contribution in [0.15, 0.2) is 36.4 Å². The number of rotatable bonds is 10. The van der Waals surface area contributed by atoms with E-state index in [0.29, 0.717) is 0 Å². The van der Waals surface area contributed by atoms with Crippen LogP contribution in [0, 0.1) is 5.92 Å². The molecule has 1 aromatic carbocycles. The summed E-state index contributed by atoms with van der Waals surface area (Å²) in [7, 11) is 0. The molecule has 3 aliphatic heterocycles. The number of benzene rings is 1. The van der Waals surface area contributed by atoms with Gasteiger partial charge in [-0.2, -0.15) is 0 Å². The fourth-order valence-corrected chi connectivity index (χ4v) is 6.27. The molecule has 40 heavy (non-hydrogen) atoms. The van der Waals surface area contributed by atoms with Crippen molar-refractivity contribution >= 4 is 35.8 Å². The van der Waals surface area contributed by atoms with Crippen molar-refractivity contribution in [3.63, 3.8) is 0 Å². The number of halogens is 1. The number of carboxylic acids is 1. The highest BCUT2D eigenvalue weighted by Gasteiger charge is 2.28. The van der Waals surface area contributed by atoms with E-state index in [1.807, 2.05) is 12.1 Å². The Balaban J connectivity index is 0.00000370. The predicted molar refractivity (Wildman–Crippen MR) is 161 cm³/mol. The Morgan fingerprint density at radius 3 is 2.75 bits per heavy atom. The number of aryl methyl sites for hydroxylation is 2. The van der Waals surface area contributed by atoms with Gasteiger partial charge in [-0.05, 0) is 100 Å². The number of pyridine rings is 1. The summed E-state index contributed by atoms with van der Waals surface area (Å²) < 4.78 is 0. The first-order valence-corrected chi connectivity index (χ1v) is 14.9. The summed E-state index contributed by atoms with van der Waals surface area (Å²) in [5.41, 5.74) is 4.42. The van der Waals surface area contributed by atoms with Crippen molar-refractivity contribution in [3.05, 3.63) is 53.2 Å². The van der Waals surface area contributed by atoms with Crippen LogP contribution in [0.1, 0.15) is 74.2 Å². The second kappa shape index (κ2) is 14.7. The summed E-state index contributed by atoms with van der Waals surface area (Å²) in [6.45, 7) is 5.70. The van der Waals surface area contributed by atoms with Gasteiger partial charge in [0, 0.05) is 37.6 Å². The van der Waals surface area contributed by atoms with Crippen LogP contribution in [0.3, 0.4) is 0 Å². The zero-order valence-electron chi connectivity index (χ0n) is 23.4. The quantitative estimate of drug-likeness (QED) is 0.377. The van der Waals surface area contributed by atoms with E-state index in [0.717, 1.165) is 94.1 Å². The van der Waals surface area contributed by atoms with Crippen LogP contribution in [-0.4, -0.2) is 66.1 Å². The summed E-state index contributed by atoms with van der Waals surface area (Å²) in [5.74, 6) is -0.00563. The predicted octanol–water partition coefficient (Wildman–Crippen LogP) is 4.83. The summed E-state index contributed by atoms with van der Waals surface area (Å²) in [5, 5.41) is 16.1. The van der Waals surface area contributed by atoms with Crippen molar-refractivity contribution in [3.8, 4) is 0 Å². The molecule has 2 saturated heterocycles. The topological polar surface area (TPSA) is 97.8 Å². The molecule has 0 bridgehead atoms. The zero-order valence-corrected chi connectivity index (χ0v) is 24.3. The normalized spacial score (nSPS) is 20.0. The molecule has 4 heterocycles. The molecular formula is C31H44ClN5O3. The van der Waals surface area contributed by atoms with E-state index in [4.69, 9.17) is 4.98 Å². The SMILES string of the molecule is Cl.O=C(O)C[C@H](NC(=O)[C@@H]1CCCN(CCCc2ccc3c(n2)NCCC3)C1)c1cccc(N2CCCCC2)c1. The molecule has 1 aromatic heterocycles. The molecule has 2 aromatic rings. The number of piperidine rings is 2. The highest BCUT2D eigenvalue weighted by Crippen LogP contribution is 2.27. The van der Waals surface area contributed by atoms with Crippen molar-refractivity contribution in [2.75, 3.05) is 49.5 Å². The lowest BCUT2D eigenvalue weighted by Gasteiger charge is -2.33. The number of carbonyl (C=O) groups is 2. The van der Waals surface area contributed by atoms with E-state index in [-0.39, 0.29) is 30.7 Å². The summed E-state index contributed by atoms with van der Waals surface area (Å²) in [4.78, 5) is 34.6. The number of nitrogens with zero attached hydrogens (tertiary/aromatic N) is 3. The first-order chi connectivity index (χ1) is 19.0. The Hall–Kier alpha value is -2.84.